The number of carbonyl (C=O) groups excluding carboxylic acids is 1. The zero-order chi connectivity index (χ0) is 18.2. The van der Waals surface area contributed by atoms with E-state index in [2.05, 4.69) is 18.0 Å². The van der Waals surface area contributed by atoms with Gasteiger partial charge in [0, 0.05) is 5.56 Å². The number of rotatable bonds is 8. The minimum absolute atomic E-state index is 0.137. The summed E-state index contributed by atoms with van der Waals surface area (Å²) in [5.74, 6) is 1.37. The largest absolute Gasteiger partial charge is 0.492 e. The van der Waals surface area contributed by atoms with Crippen LogP contribution in [0.25, 0.3) is 10.8 Å². The zero-order valence-electron chi connectivity index (χ0n) is 14.5. The molecule has 1 amide bonds. The third-order valence-electron chi connectivity index (χ3n) is 3.86. The molecule has 0 radical (unpaired) electrons. The van der Waals surface area contributed by atoms with Crippen molar-refractivity contribution >= 4 is 16.7 Å². The number of ether oxygens (including phenoxy) is 2. The normalized spacial score (nSPS) is 10.3. The Bertz CT molecular complexity index is 887. The molecule has 3 rings (SSSR count). The molecule has 3 aromatic rings. The Hall–Kier alpha value is -3.27. The highest BCUT2D eigenvalue weighted by Gasteiger charge is 2.05. The Morgan fingerprint density at radius 2 is 1.65 bits per heavy atom. The van der Waals surface area contributed by atoms with Crippen molar-refractivity contribution in [3.05, 3.63) is 84.9 Å². The predicted octanol–water partition coefficient (Wildman–Crippen LogP) is 4.21. The SMILES string of the molecule is C=CCOc1ccc(C(=O)NCCOc2ccc3ccccc3c2)cc1. The molecule has 3 aromatic carbocycles. The molecule has 1 N–H and O–H groups in total. The van der Waals surface area contributed by atoms with Gasteiger partial charge in [-0.2, -0.15) is 0 Å². The van der Waals surface area contributed by atoms with Crippen LogP contribution in [-0.2, 0) is 0 Å². The quantitative estimate of drug-likeness (QED) is 0.490. The van der Waals surface area contributed by atoms with Crippen LogP contribution in [0.5, 0.6) is 11.5 Å². The van der Waals surface area contributed by atoms with Crippen molar-refractivity contribution in [2.75, 3.05) is 19.8 Å². The van der Waals surface area contributed by atoms with Crippen molar-refractivity contribution < 1.29 is 14.3 Å². The maximum atomic E-state index is 12.1. The van der Waals surface area contributed by atoms with E-state index in [0.717, 1.165) is 11.1 Å². The number of benzene rings is 3. The van der Waals surface area contributed by atoms with Gasteiger partial charge in [-0.25, -0.2) is 0 Å². The third kappa shape index (κ3) is 4.63. The molecule has 0 unspecified atom stereocenters. The molecule has 4 heteroatoms. The lowest BCUT2D eigenvalue weighted by Crippen LogP contribution is -2.28. The Morgan fingerprint density at radius 1 is 0.923 bits per heavy atom. The van der Waals surface area contributed by atoms with Crippen molar-refractivity contribution in [2.24, 2.45) is 0 Å². The molecule has 0 heterocycles. The standard InChI is InChI=1S/C22H21NO3/c1-2-14-25-20-10-8-18(9-11-20)22(24)23-13-15-26-21-12-7-17-5-3-4-6-19(17)16-21/h2-12,16H,1,13-15H2,(H,23,24). The molecule has 0 spiro atoms. The van der Waals surface area contributed by atoms with Crippen LogP contribution in [-0.4, -0.2) is 25.7 Å². The smallest absolute Gasteiger partial charge is 0.251 e. The van der Waals surface area contributed by atoms with Crippen molar-refractivity contribution in [1.29, 1.82) is 0 Å². The lowest BCUT2D eigenvalue weighted by atomic mass is 10.1. The molecule has 0 saturated heterocycles. The molecule has 0 fully saturated rings. The van der Waals surface area contributed by atoms with Crippen LogP contribution in [0.15, 0.2) is 79.4 Å². The van der Waals surface area contributed by atoms with Crippen LogP contribution < -0.4 is 14.8 Å². The van der Waals surface area contributed by atoms with Crippen LogP contribution in [0.2, 0.25) is 0 Å². The van der Waals surface area contributed by atoms with Crippen molar-refractivity contribution in [3.63, 3.8) is 0 Å². The third-order valence-corrected chi connectivity index (χ3v) is 3.86. The molecule has 26 heavy (non-hydrogen) atoms. The molecule has 4 nitrogen and oxygen atoms in total. The van der Waals surface area contributed by atoms with E-state index in [9.17, 15) is 4.79 Å². The van der Waals surface area contributed by atoms with E-state index >= 15 is 0 Å². The monoisotopic (exact) mass is 347 g/mol. The Morgan fingerprint density at radius 3 is 2.42 bits per heavy atom. The van der Waals surface area contributed by atoms with Crippen LogP contribution in [0.3, 0.4) is 0 Å². The maximum absolute atomic E-state index is 12.1. The predicted molar refractivity (Wildman–Crippen MR) is 104 cm³/mol. The molecule has 0 aliphatic carbocycles. The van der Waals surface area contributed by atoms with Crippen LogP contribution in [0.1, 0.15) is 10.4 Å². The van der Waals surface area contributed by atoms with Crippen LogP contribution in [0, 0.1) is 0 Å². The van der Waals surface area contributed by atoms with Gasteiger partial charge in [0.2, 0.25) is 0 Å². The van der Waals surface area contributed by atoms with Crippen molar-refractivity contribution in [1.82, 2.24) is 5.32 Å². The van der Waals surface area contributed by atoms with E-state index in [1.807, 2.05) is 36.4 Å². The van der Waals surface area contributed by atoms with Gasteiger partial charge < -0.3 is 14.8 Å². The minimum Gasteiger partial charge on any atom is -0.492 e. The van der Waals surface area contributed by atoms with Crippen LogP contribution in [0.4, 0.5) is 0 Å². The second kappa shape index (κ2) is 8.72. The second-order valence-electron chi connectivity index (χ2n) is 5.74. The van der Waals surface area contributed by atoms with Gasteiger partial charge in [-0.05, 0) is 47.2 Å². The summed E-state index contributed by atoms with van der Waals surface area (Å²) in [4.78, 5) is 12.1. The van der Waals surface area contributed by atoms with E-state index in [4.69, 9.17) is 9.47 Å². The van der Waals surface area contributed by atoms with Gasteiger partial charge in [0.05, 0.1) is 6.54 Å². The lowest BCUT2D eigenvalue weighted by molar-refractivity contribution is 0.0947. The first-order chi connectivity index (χ1) is 12.8. The summed E-state index contributed by atoms with van der Waals surface area (Å²) < 4.78 is 11.1. The number of hydrogen-bond donors (Lipinski definition) is 1. The number of amides is 1. The first kappa shape index (κ1) is 17.5. The highest BCUT2D eigenvalue weighted by Crippen LogP contribution is 2.20. The second-order valence-corrected chi connectivity index (χ2v) is 5.74. The Kier molecular flexibility index (Phi) is 5.88. The summed E-state index contributed by atoms with van der Waals surface area (Å²) >= 11 is 0. The maximum Gasteiger partial charge on any atom is 0.251 e. The van der Waals surface area contributed by atoms with E-state index in [1.54, 1.807) is 30.3 Å². The molecule has 0 aliphatic heterocycles. The fraction of sp³-hybridized carbons (Fsp3) is 0.136. The van der Waals surface area contributed by atoms with E-state index in [0.29, 0.717) is 31.1 Å². The fourth-order valence-electron chi connectivity index (χ4n) is 2.55. The molecule has 0 atom stereocenters. The fourth-order valence-corrected chi connectivity index (χ4v) is 2.55. The number of carbonyl (C=O) groups is 1. The molecule has 0 bridgehead atoms. The van der Waals surface area contributed by atoms with Gasteiger partial charge in [0.25, 0.3) is 5.91 Å². The Labute approximate surface area is 153 Å². The first-order valence-electron chi connectivity index (χ1n) is 8.50. The first-order valence-corrected chi connectivity index (χ1v) is 8.50. The topological polar surface area (TPSA) is 47.6 Å². The highest BCUT2D eigenvalue weighted by atomic mass is 16.5. The average Bonchev–Trinajstić information content (AvgIpc) is 2.69. The van der Waals surface area contributed by atoms with Gasteiger partial charge in [0.1, 0.15) is 24.7 Å². The zero-order valence-corrected chi connectivity index (χ0v) is 14.5. The van der Waals surface area contributed by atoms with Gasteiger partial charge in [-0.1, -0.05) is 43.0 Å². The van der Waals surface area contributed by atoms with Gasteiger partial charge in [-0.15, -0.1) is 0 Å². The molecular weight excluding hydrogens is 326 g/mol. The Balaban J connectivity index is 1.46. The molecular formula is C22H21NO3. The van der Waals surface area contributed by atoms with Crippen LogP contribution >= 0.6 is 0 Å². The van der Waals surface area contributed by atoms with Gasteiger partial charge in [-0.3, -0.25) is 4.79 Å². The van der Waals surface area contributed by atoms with Crippen molar-refractivity contribution in [2.45, 2.75) is 0 Å². The van der Waals surface area contributed by atoms with E-state index < -0.39 is 0 Å². The minimum atomic E-state index is -0.137. The summed E-state index contributed by atoms with van der Waals surface area (Å²) in [7, 11) is 0. The summed E-state index contributed by atoms with van der Waals surface area (Å²) in [6.07, 6.45) is 1.68. The average molecular weight is 347 g/mol. The van der Waals surface area contributed by atoms with Crippen molar-refractivity contribution in [3.8, 4) is 11.5 Å². The molecule has 0 aromatic heterocycles. The van der Waals surface area contributed by atoms with E-state index in [-0.39, 0.29) is 5.91 Å². The summed E-state index contributed by atoms with van der Waals surface area (Å²) in [5.41, 5.74) is 0.585. The molecule has 132 valence electrons. The highest BCUT2D eigenvalue weighted by molar-refractivity contribution is 5.94. The summed E-state index contributed by atoms with van der Waals surface area (Å²) in [5, 5.41) is 5.15. The number of nitrogens with one attached hydrogen (secondary N) is 1. The van der Waals surface area contributed by atoms with E-state index in [1.165, 1.54) is 5.39 Å². The summed E-state index contributed by atoms with van der Waals surface area (Å²) in [6.45, 7) is 4.88. The molecule has 0 aliphatic rings. The van der Waals surface area contributed by atoms with Gasteiger partial charge in [0.15, 0.2) is 0 Å². The van der Waals surface area contributed by atoms with Gasteiger partial charge >= 0.3 is 0 Å². The molecule has 0 saturated carbocycles. The number of hydrogen-bond acceptors (Lipinski definition) is 3. The number of fused-ring (bicyclic) bond motifs is 1. The lowest BCUT2D eigenvalue weighted by Gasteiger charge is -2.09. The summed E-state index contributed by atoms with van der Waals surface area (Å²) in [6, 6.07) is 21.1.